The van der Waals surface area contributed by atoms with E-state index in [0.717, 1.165) is 5.92 Å². The van der Waals surface area contributed by atoms with E-state index >= 15 is 0 Å². The first-order valence-corrected chi connectivity index (χ1v) is 3.52. The molecule has 0 heterocycles. The van der Waals surface area contributed by atoms with Crippen LogP contribution in [0, 0.1) is 0 Å². The van der Waals surface area contributed by atoms with Crippen LogP contribution in [0.5, 0.6) is 0 Å². The predicted octanol–water partition coefficient (Wildman–Crippen LogP) is 3.20. The van der Waals surface area contributed by atoms with Crippen LogP contribution in [-0.4, -0.2) is 0 Å². The van der Waals surface area contributed by atoms with Gasteiger partial charge in [0.05, 0.1) is 0 Å². The Labute approximate surface area is 62.9 Å². The van der Waals surface area contributed by atoms with Crippen LogP contribution in [0.3, 0.4) is 0 Å². The maximum Gasteiger partial charge on any atom is -0.0162 e. The van der Waals surface area contributed by atoms with Crippen molar-refractivity contribution < 1.29 is 0 Å². The lowest BCUT2D eigenvalue weighted by molar-refractivity contribution is 1.13. The van der Waals surface area contributed by atoms with Crippen LogP contribution < -0.4 is 0 Å². The first-order valence-electron chi connectivity index (χ1n) is 3.52. The summed E-state index contributed by atoms with van der Waals surface area (Å²) in [5, 5.41) is 0. The van der Waals surface area contributed by atoms with Gasteiger partial charge in [0.2, 0.25) is 0 Å². The fourth-order valence-corrected chi connectivity index (χ4v) is 1.14. The van der Waals surface area contributed by atoms with Gasteiger partial charge in [-0.1, -0.05) is 37.8 Å². The Hall–Kier alpha value is -0.780. The molecule has 0 amide bonds. The van der Waals surface area contributed by atoms with Crippen molar-refractivity contribution in [3.8, 4) is 0 Å². The minimum Gasteiger partial charge on any atom is -0.0776 e. The molecule has 2 rings (SSSR count). The standard InChI is InChI=1S/C9H10.CH4/c1-2-4-8(5-3-1)9-6-7-9;/h1-5,9H,6-7H2;1H4. The second-order valence-electron chi connectivity index (χ2n) is 2.68. The molecule has 0 saturated heterocycles. The first-order chi connectivity index (χ1) is 4.47. The van der Waals surface area contributed by atoms with E-state index in [9.17, 15) is 0 Å². The fraction of sp³-hybridized carbons (Fsp3) is 0.400. The zero-order valence-electron chi connectivity index (χ0n) is 5.38. The second kappa shape index (κ2) is 2.87. The predicted molar refractivity (Wildman–Crippen MR) is 45.1 cm³/mol. The summed E-state index contributed by atoms with van der Waals surface area (Å²) in [7, 11) is 0. The molecule has 0 atom stereocenters. The minimum absolute atomic E-state index is 0. The second-order valence-corrected chi connectivity index (χ2v) is 2.68. The lowest BCUT2D eigenvalue weighted by Crippen LogP contribution is -1.73. The lowest BCUT2D eigenvalue weighted by Gasteiger charge is -1.92. The van der Waals surface area contributed by atoms with E-state index in [0.29, 0.717) is 0 Å². The van der Waals surface area contributed by atoms with Gasteiger partial charge < -0.3 is 0 Å². The Bertz CT molecular complexity index is 184. The highest BCUT2D eigenvalue weighted by atomic mass is 14.3. The van der Waals surface area contributed by atoms with Crippen molar-refractivity contribution >= 4 is 0 Å². The molecular formula is C10H14. The third kappa shape index (κ3) is 1.38. The van der Waals surface area contributed by atoms with Gasteiger partial charge in [-0.15, -0.1) is 0 Å². The molecule has 0 heteroatoms. The van der Waals surface area contributed by atoms with E-state index in [4.69, 9.17) is 0 Å². The topological polar surface area (TPSA) is 0 Å². The molecule has 1 saturated carbocycles. The summed E-state index contributed by atoms with van der Waals surface area (Å²) >= 11 is 0. The Morgan fingerprint density at radius 1 is 1.00 bits per heavy atom. The third-order valence-corrected chi connectivity index (χ3v) is 1.85. The molecule has 0 N–H and O–H groups in total. The smallest absolute Gasteiger partial charge is 0.0162 e. The van der Waals surface area contributed by atoms with E-state index in [2.05, 4.69) is 30.3 Å². The number of rotatable bonds is 1. The van der Waals surface area contributed by atoms with Crippen molar-refractivity contribution in [2.24, 2.45) is 0 Å². The summed E-state index contributed by atoms with van der Waals surface area (Å²) in [5.41, 5.74) is 1.53. The molecule has 54 valence electrons. The van der Waals surface area contributed by atoms with E-state index in [1.807, 2.05) is 0 Å². The molecule has 0 unspecified atom stereocenters. The molecular weight excluding hydrogens is 120 g/mol. The molecule has 0 aliphatic heterocycles. The zero-order chi connectivity index (χ0) is 6.10. The van der Waals surface area contributed by atoms with Crippen LogP contribution in [0.2, 0.25) is 0 Å². The normalized spacial score (nSPS) is 16.0. The summed E-state index contributed by atoms with van der Waals surface area (Å²) in [4.78, 5) is 0. The van der Waals surface area contributed by atoms with Gasteiger partial charge in [0.25, 0.3) is 0 Å². The highest BCUT2D eigenvalue weighted by Crippen LogP contribution is 2.39. The molecule has 1 aromatic rings. The lowest BCUT2D eigenvalue weighted by atomic mass is 10.1. The van der Waals surface area contributed by atoms with Crippen LogP contribution in [0.1, 0.15) is 31.7 Å². The highest BCUT2D eigenvalue weighted by Gasteiger charge is 2.22. The number of hydrogen-bond acceptors (Lipinski definition) is 0. The SMILES string of the molecule is C.c1ccc(C2CC2)cc1. The van der Waals surface area contributed by atoms with E-state index in [1.54, 1.807) is 0 Å². The molecule has 0 radical (unpaired) electrons. The molecule has 1 aliphatic rings. The quantitative estimate of drug-likeness (QED) is 0.553. The van der Waals surface area contributed by atoms with Crippen LogP contribution >= 0.6 is 0 Å². The van der Waals surface area contributed by atoms with Gasteiger partial charge >= 0.3 is 0 Å². The maximum atomic E-state index is 2.22. The highest BCUT2D eigenvalue weighted by molar-refractivity contribution is 5.22. The Balaban J connectivity index is 0.000000500. The molecule has 0 spiro atoms. The molecule has 0 nitrogen and oxygen atoms in total. The molecule has 10 heavy (non-hydrogen) atoms. The summed E-state index contributed by atoms with van der Waals surface area (Å²) in [6, 6.07) is 10.8. The van der Waals surface area contributed by atoms with Gasteiger partial charge in [-0.25, -0.2) is 0 Å². The largest absolute Gasteiger partial charge is 0.0776 e. The van der Waals surface area contributed by atoms with Crippen molar-refractivity contribution in [2.45, 2.75) is 26.2 Å². The number of hydrogen-bond donors (Lipinski definition) is 0. The van der Waals surface area contributed by atoms with Crippen molar-refractivity contribution in [3.63, 3.8) is 0 Å². The first kappa shape index (κ1) is 7.33. The minimum atomic E-state index is 0. The van der Waals surface area contributed by atoms with Gasteiger partial charge in [0, 0.05) is 0 Å². The van der Waals surface area contributed by atoms with Crippen LogP contribution in [-0.2, 0) is 0 Å². The fourth-order valence-electron chi connectivity index (χ4n) is 1.14. The monoisotopic (exact) mass is 134 g/mol. The summed E-state index contributed by atoms with van der Waals surface area (Å²) in [6.45, 7) is 0. The van der Waals surface area contributed by atoms with Crippen molar-refractivity contribution in [2.75, 3.05) is 0 Å². The Morgan fingerprint density at radius 2 is 1.60 bits per heavy atom. The third-order valence-electron chi connectivity index (χ3n) is 1.85. The van der Waals surface area contributed by atoms with Gasteiger partial charge in [0.1, 0.15) is 0 Å². The van der Waals surface area contributed by atoms with Crippen molar-refractivity contribution in [1.29, 1.82) is 0 Å². The number of benzene rings is 1. The summed E-state index contributed by atoms with van der Waals surface area (Å²) < 4.78 is 0. The van der Waals surface area contributed by atoms with Crippen LogP contribution in [0.25, 0.3) is 0 Å². The maximum absolute atomic E-state index is 2.22. The van der Waals surface area contributed by atoms with Crippen molar-refractivity contribution in [1.82, 2.24) is 0 Å². The molecule has 1 fully saturated rings. The van der Waals surface area contributed by atoms with Gasteiger partial charge in [0.15, 0.2) is 0 Å². The summed E-state index contributed by atoms with van der Waals surface area (Å²) in [6.07, 6.45) is 2.81. The Morgan fingerprint density at radius 3 is 2.10 bits per heavy atom. The molecule has 0 aromatic heterocycles. The van der Waals surface area contributed by atoms with E-state index < -0.39 is 0 Å². The summed E-state index contributed by atoms with van der Waals surface area (Å²) in [5.74, 6) is 0.909. The van der Waals surface area contributed by atoms with E-state index in [1.165, 1.54) is 18.4 Å². The Kier molecular flexibility index (Phi) is 2.10. The molecule has 1 aliphatic carbocycles. The zero-order valence-corrected chi connectivity index (χ0v) is 5.38. The van der Waals surface area contributed by atoms with E-state index in [-0.39, 0.29) is 7.43 Å². The van der Waals surface area contributed by atoms with Gasteiger partial charge in [-0.3, -0.25) is 0 Å². The molecule has 0 bridgehead atoms. The van der Waals surface area contributed by atoms with Crippen LogP contribution in [0.15, 0.2) is 30.3 Å². The van der Waals surface area contributed by atoms with Gasteiger partial charge in [-0.2, -0.15) is 0 Å². The van der Waals surface area contributed by atoms with Crippen LogP contribution in [0.4, 0.5) is 0 Å². The molecule has 1 aromatic carbocycles. The van der Waals surface area contributed by atoms with Crippen molar-refractivity contribution in [3.05, 3.63) is 35.9 Å². The average molecular weight is 134 g/mol. The van der Waals surface area contributed by atoms with Gasteiger partial charge in [-0.05, 0) is 24.3 Å². The average Bonchev–Trinajstić information content (AvgIpc) is 2.71.